The monoisotopic (exact) mass is 387 g/mol. The molecule has 0 aliphatic heterocycles. The molecule has 2 aromatic rings. The molecule has 1 aromatic heterocycles. The predicted octanol–water partition coefficient (Wildman–Crippen LogP) is 3.30. The smallest absolute Gasteiger partial charge is 0.291 e. The van der Waals surface area contributed by atoms with Crippen LogP contribution in [-0.2, 0) is 0 Å². The quantitative estimate of drug-likeness (QED) is 0.360. The molecule has 0 atom stereocenters. The molecule has 0 spiro atoms. The molecule has 0 radical (unpaired) electrons. The molecule has 2 rings (SSSR count). The molecule has 11 heteroatoms. The summed E-state index contributed by atoms with van der Waals surface area (Å²) in [5, 5.41) is 13.9. The topological polar surface area (TPSA) is 124 Å². The van der Waals surface area contributed by atoms with Gasteiger partial charge in [0.2, 0.25) is 0 Å². The lowest BCUT2D eigenvalue weighted by molar-refractivity contribution is -0.384. The molecule has 0 saturated heterocycles. The molecule has 1 amide bonds. The molecule has 0 fully saturated rings. The van der Waals surface area contributed by atoms with E-state index in [-0.39, 0.29) is 32.3 Å². The van der Waals surface area contributed by atoms with Crippen LogP contribution >= 0.6 is 34.8 Å². The molecule has 1 aromatic carbocycles. The number of nitro benzene ring substituents is 1. The van der Waals surface area contributed by atoms with E-state index in [4.69, 9.17) is 40.5 Å². The number of carbonyl (C=O) groups is 1. The summed E-state index contributed by atoms with van der Waals surface area (Å²) in [5.74, 6) is -0.747. The van der Waals surface area contributed by atoms with Gasteiger partial charge in [-0.2, -0.15) is 5.10 Å². The number of pyridine rings is 1. The molecular weight excluding hydrogens is 381 g/mol. The minimum absolute atomic E-state index is 0.0485. The average Bonchev–Trinajstić information content (AvgIpc) is 2.56. The highest BCUT2D eigenvalue weighted by molar-refractivity contribution is 6.46. The molecule has 1 heterocycles. The molecule has 0 aliphatic carbocycles. The van der Waals surface area contributed by atoms with E-state index in [2.05, 4.69) is 15.5 Å². The summed E-state index contributed by atoms with van der Waals surface area (Å²) in [5.41, 5.74) is 7.99. The van der Waals surface area contributed by atoms with Gasteiger partial charge in [-0.3, -0.25) is 14.9 Å². The second kappa shape index (κ2) is 7.43. The fourth-order valence-electron chi connectivity index (χ4n) is 1.58. The first-order valence-corrected chi connectivity index (χ1v) is 7.32. The van der Waals surface area contributed by atoms with Crippen molar-refractivity contribution in [2.75, 3.05) is 5.73 Å². The third kappa shape index (κ3) is 3.91. The van der Waals surface area contributed by atoms with E-state index in [1.54, 1.807) is 0 Å². The van der Waals surface area contributed by atoms with Crippen molar-refractivity contribution in [1.29, 1.82) is 0 Å². The van der Waals surface area contributed by atoms with Gasteiger partial charge in [0.1, 0.15) is 5.02 Å². The van der Waals surface area contributed by atoms with Crippen LogP contribution in [0.15, 0.2) is 29.4 Å². The van der Waals surface area contributed by atoms with Crippen LogP contribution < -0.4 is 11.2 Å². The zero-order valence-corrected chi connectivity index (χ0v) is 13.9. The summed E-state index contributed by atoms with van der Waals surface area (Å²) in [6, 6.07) is 5.55. The number of aromatic nitrogens is 1. The molecule has 0 aliphatic rings. The van der Waals surface area contributed by atoms with Gasteiger partial charge in [0.15, 0.2) is 10.8 Å². The number of hydrogen-bond donors (Lipinski definition) is 2. The van der Waals surface area contributed by atoms with E-state index < -0.39 is 10.8 Å². The van der Waals surface area contributed by atoms with Crippen LogP contribution in [0, 0.1) is 10.1 Å². The van der Waals surface area contributed by atoms with Crippen molar-refractivity contribution in [3.05, 3.63) is 60.8 Å². The number of amides is 1. The standard InChI is InChI=1S/C13H8Cl3N5O3/c14-8-10(17)9(15)12(16)19-11(8)13(22)20-18-5-6-1-3-7(4-2-6)21(23)24/h1-5H,(H2,17,19)(H,20,22)/b18-5+. The van der Waals surface area contributed by atoms with E-state index in [1.807, 2.05) is 0 Å². The van der Waals surface area contributed by atoms with E-state index in [1.165, 1.54) is 30.5 Å². The van der Waals surface area contributed by atoms with Crippen molar-refractivity contribution in [2.45, 2.75) is 0 Å². The van der Waals surface area contributed by atoms with E-state index in [0.717, 1.165) is 0 Å². The summed E-state index contributed by atoms with van der Waals surface area (Å²) in [6.45, 7) is 0. The number of nitrogen functional groups attached to an aromatic ring is 1. The van der Waals surface area contributed by atoms with E-state index >= 15 is 0 Å². The Labute approximate surface area is 150 Å². The first-order valence-electron chi connectivity index (χ1n) is 6.19. The minimum atomic E-state index is -0.747. The van der Waals surface area contributed by atoms with Gasteiger partial charge in [-0.25, -0.2) is 10.4 Å². The van der Waals surface area contributed by atoms with Gasteiger partial charge in [-0.15, -0.1) is 0 Å². The average molecular weight is 389 g/mol. The molecular formula is C13H8Cl3N5O3. The van der Waals surface area contributed by atoms with Gasteiger partial charge < -0.3 is 5.73 Å². The Bertz CT molecular complexity index is 840. The predicted molar refractivity (Wildman–Crippen MR) is 91.8 cm³/mol. The Kier molecular flexibility index (Phi) is 5.55. The first kappa shape index (κ1) is 17.9. The van der Waals surface area contributed by atoms with Gasteiger partial charge in [-0.05, 0) is 17.7 Å². The van der Waals surface area contributed by atoms with Gasteiger partial charge in [0.05, 0.1) is 21.8 Å². The number of nitrogens with zero attached hydrogens (tertiary/aromatic N) is 3. The van der Waals surface area contributed by atoms with Crippen molar-refractivity contribution >= 4 is 58.3 Å². The SMILES string of the molecule is Nc1c(Cl)c(Cl)nc(C(=O)N/N=C/c2ccc([N+](=O)[O-])cc2)c1Cl. The summed E-state index contributed by atoms with van der Waals surface area (Å²) >= 11 is 17.4. The third-order valence-corrected chi connectivity index (χ3v) is 3.91. The highest BCUT2D eigenvalue weighted by atomic mass is 35.5. The summed E-state index contributed by atoms with van der Waals surface area (Å²) in [7, 11) is 0. The maximum Gasteiger partial charge on any atom is 0.291 e. The molecule has 124 valence electrons. The number of halogens is 3. The van der Waals surface area contributed by atoms with Crippen molar-refractivity contribution in [3.8, 4) is 0 Å². The molecule has 0 bridgehead atoms. The van der Waals surface area contributed by atoms with Crippen LogP contribution in [0.25, 0.3) is 0 Å². The Morgan fingerprint density at radius 3 is 2.46 bits per heavy atom. The molecule has 24 heavy (non-hydrogen) atoms. The number of nitrogens with two attached hydrogens (primary N) is 1. The summed E-state index contributed by atoms with van der Waals surface area (Å²) in [6.07, 6.45) is 1.29. The lowest BCUT2D eigenvalue weighted by Gasteiger charge is -2.07. The van der Waals surface area contributed by atoms with Gasteiger partial charge in [-0.1, -0.05) is 34.8 Å². The van der Waals surface area contributed by atoms with Crippen molar-refractivity contribution in [1.82, 2.24) is 10.4 Å². The normalized spacial score (nSPS) is 10.8. The number of nitrogens with one attached hydrogen (secondary N) is 1. The maximum absolute atomic E-state index is 12.0. The lowest BCUT2D eigenvalue weighted by atomic mass is 10.2. The van der Waals surface area contributed by atoms with Crippen LogP contribution in [0.3, 0.4) is 0 Å². The Balaban J connectivity index is 2.12. The number of hydrogen-bond acceptors (Lipinski definition) is 6. The fraction of sp³-hybridized carbons (Fsp3) is 0. The lowest BCUT2D eigenvalue weighted by Crippen LogP contribution is -2.20. The van der Waals surface area contributed by atoms with Crippen LogP contribution in [0.1, 0.15) is 16.1 Å². The molecule has 8 nitrogen and oxygen atoms in total. The minimum Gasteiger partial charge on any atom is -0.396 e. The summed E-state index contributed by atoms with van der Waals surface area (Å²) in [4.78, 5) is 25.8. The van der Waals surface area contributed by atoms with Gasteiger partial charge in [0, 0.05) is 12.1 Å². The molecule has 0 unspecified atom stereocenters. The number of carbonyl (C=O) groups excluding carboxylic acids is 1. The number of benzene rings is 1. The van der Waals surface area contributed by atoms with Crippen LogP contribution in [0.2, 0.25) is 15.2 Å². The number of hydrazone groups is 1. The number of non-ortho nitro benzene ring substituents is 1. The van der Waals surface area contributed by atoms with Crippen LogP contribution in [0.4, 0.5) is 11.4 Å². The maximum atomic E-state index is 12.0. The first-order chi connectivity index (χ1) is 11.3. The zero-order valence-electron chi connectivity index (χ0n) is 11.7. The second-order valence-corrected chi connectivity index (χ2v) is 5.45. The van der Waals surface area contributed by atoms with E-state index in [0.29, 0.717) is 5.56 Å². The van der Waals surface area contributed by atoms with E-state index in [9.17, 15) is 14.9 Å². The van der Waals surface area contributed by atoms with Gasteiger partial charge >= 0.3 is 0 Å². The Morgan fingerprint density at radius 2 is 1.88 bits per heavy atom. The molecule has 3 N–H and O–H groups in total. The highest BCUT2D eigenvalue weighted by Gasteiger charge is 2.19. The largest absolute Gasteiger partial charge is 0.396 e. The van der Waals surface area contributed by atoms with Crippen molar-refractivity contribution < 1.29 is 9.72 Å². The number of anilines is 1. The zero-order chi connectivity index (χ0) is 17.9. The van der Waals surface area contributed by atoms with Gasteiger partial charge in [0.25, 0.3) is 11.6 Å². The van der Waals surface area contributed by atoms with Crippen LogP contribution in [-0.4, -0.2) is 22.0 Å². The summed E-state index contributed by atoms with van der Waals surface area (Å²) < 4.78 is 0. The molecule has 0 saturated carbocycles. The second-order valence-electron chi connectivity index (χ2n) is 4.34. The third-order valence-electron chi connectivity index (χ3n) is 2.77. The van der Waals surface area contributed by atoms with Crippen LogP contribution in [0.5, 0.6) is 0 Å². The number of rotatable bonds is 4. The van der Waals surface area contributed by atoms with Crippen molar-refractivity contribution in [3.63, 3.8) is 0 Å². The Hall–Kier alpha value is -2.42. The fourth-order valence-corrected chi connectivity index (χ4v) is 2.18. The van der Waals surface area contributed by atoms with Crippen molar-refractivity contribution in [2.24, 2.45) is 5.10 Å². The Morgan fingerprint density at radius 1 is 1.25 bits per heavy atom. The number of nitro groups is 1. The highest BCUT2D eigenvalue weighted by Crippen LogP contribution is 2.34.